The van der Waals surface area contributed by atoms with Crippen molar-refractivity contribution in [1.29, 1.82) is 0 Å². The predicted molar refractivity (Wildman–Crippen MR) is 112 cm³/mol. The van der Waals surface area contributed by atoms with Crippen LogP contribution >= 0.6 is 0 Å². The van der Waals surface area contributed by atoms with Gasteiger partial charge in [0, 0.05) is 18.7 Å². The lowest BCUT2D eigenvalue weighted by atomic mass is 9.95. The lowest BCUT2D eigenvalue weighted by molar-refractivity contribution is -0.123. The summed E-state index contributed by atoms with van der Waals surface area (Å²) >= 11 is 0. The number of aromatic amines is 1. The van der Waals surface area contributed by atoms with Crippen molar-refractivity contribution in [2.75, 3.05) is 20.2 Å². The number of hydrogen-bond acceptors (Lipinski definition) is 4. The summed E-state index contributed by atoms with van der Waals surface area (Å²) < 4.78 is 5.29. The Morgan fingerprint density at radius 2 is 2.00 bits per heavy atom. The average Bonchev–Trinajstić information content (AvgIpc) is 3.23. The monoisotopic (exact) mass is 390 g/mol. The molecule has 0 saturated carbocycles. The first-order chi connectivity index (χ1) is 14.2. The second-order valence-corrected chi connectivity index (χ2v) is 7.36. The molecule has 150 valence electrons. The number of rotatable bonds is 6. The number of amides is 1. The van der Waals surface area contributed by atoms with Gasteiger partial charge in [-0.3, -0.25) is 9.69 Å². The topological polar surface area (TPSA) is 70.2 Å². The van der Waals surface area contributed by atoms with E-state index in [-0.39, 0.29) is 18.0 Å². The number of ether oxygens (including phenoxy) is 1. The molecule has 0 bridgehead atoms. The van der Waals surface area contributed by atoms with Gasteiger partial charge in [0.2, 0.25) is 5.91 Å². The highest BCUT2D eigenvalue weighted by molar-refractivity contribution is 5.78. The van der Waals surface area contributed by atoms with E-state index >= 15 is 0 Å². The molecular weight excluding hydrogens is 364 g/mol. The molecule has 0 spiro atoms. The standard InChI is InChI=1S/C23H26N4O2/c1-16(17-6-4-3-5-7-17)26-21(28)14-27-13-12-20-22(25-15-24-20)23(27)18-8-10-19(29-2)11-9-18/h3-11,15-16,23H,12-14H2,1-2H3,(H,24,25)(H,26,28)/t16-,23+/m1/s1. The van der Waals surface area contributed by atoms with Crippen LogP contribution in [0, 0.1) is 0 Å². The maximum absolute atomic E-state index is 12.8. The Bertz CT molecular complexity index is 953. The minimum absolute atomic E-state index is 0.0128. The highest BCUT2D eigenvalue weighted by Crippen LogP contribution is 2.33. The number of fused-ring (bicyclic) bond motifs is 1. The van der Waals surface area contributed by atoms with Crippen LogP contribution in [-0.4, -0.2) is 41.0 Å². The third-order valence-corrected chi connectivity index (χ3v) is 5.48. The van der Waals surface area contributed by atoms with Crippen LogP contribution in [0.15, 0.2) is 60.9 Å². The molecule has 1 aromatic heterocycles. The Morgan fingerprint density at radius 3 is 2.72 bits per heavy atom. The zero-order valence-corrected chi connectivity index (χ0v) is 16.8. The first kappa shape index (κ1) is 19.2. The summed E-state index contributed by atoms with van der Waals surface area (Å²) in [5.74, 6) is 0.826. The smallest absolute Gasteiger partial charge is 0.234 e. The summed E-state index contributed by atoms with van der Waals surface area (Å²) in [6, 6.07) is 17.9. The average molecular weight is 390 g/mol. The minimum atomic E-state index is -0.0614. The van der Waals surface area contributed by atoms with Gasteiger partial charge in [0.1, 0.15) is 5.75 Å². The zero-order chi connectivity index (χ0) is 20.2. The van der Waals surface area contributed by atoms with Gasteiger partial charge in [-0.15, -0.1) is 0 Å². The molecule has 1 aliphatic rings. The number of carbonyl (C=O) groups is 1. The number of hydrogen-bond donors (Lipinski definition) is 2. The molecule has 1 aliphatic heterocycles. The van der Waals surface area contributed by atoms with E-state index in [9.17, 15) is 4.79 Å². The Kier molecular flexibility index (Phi) is 5.62. The SMILES string of the molecule is COc1ccc([C@H]2c3nc[nH]c3CCN2CC(=O)N[C@H](C)c2ccccc2)cc1. The molecule has 29 heavy (non-hydrogen) atoms. The highest BCUT2D eigenvalue weighted by atomic mass is 16.5. The van der Waals surface area contributed by atoms with Crippen molar-refractivity contribution in [3.63, 3.8) is 0 Å². The van der Waals surface area contributed by atoms with Crippen molar-refractivity contribution >= 4 is 5.91 Å². The molecule has 2 heterocycles. The first-order valence-corrected chi connectivity index (χ1v) is 9.90. The molecule has 0 fully saturated rings. The van der Waals surface area contributed by atoms with E-state index in [1.165, 1.54) is 0 Å². The summed E-state index contributed by atoms with van der Waals surface area (Å²) in [5.41, 5.74) is 4.33. The Balaban J connectivity index is 1.52. The fraction of sp³-hybridized carbons (Fsp3) is 0.304. The number of nitrogens with zero attached hydrogens (tertiary/aromatic N) is 2. The largest absolute Gasteiger partial charge is 0.497 e. The lowest BCUT2D eigenvalue weighted by Gasteiger charge is -2.35. The minimum Gasteiger partial charge on any atom is -0.497 e. The molecule has 0 unspecified atom stereocenters. The van der Waals surface area contributed by atoms with Crippen LogP contribution in [0.3, 0.4) is 0 Å². The van der Waals surface area contributed by atoms with Crippen LogP contribution in [0.1, 0.15) is 41.5 Å². The number of benzene rings is 2. The summed E-state index contributed by atoms with van der Waals surface area (Å²) in [6.07, 6.45) is 2.59. The van der Waals surface area contributed by atoms with Gasteiger partial charge in [-0.05, 0) is 30.2 Å². The molecule has 2 aromatic carbocycles. The molecule has 0 radical (unpaired) electrons. The number of methoxy groups -OCH3 is 1. The van der Waals surface area contributed by atoms with Crippen LogP contribution in [-0.2, 0) is 11.2 Å². The number of H-pyrrole nitrogens is 1. The number of aromatic nitrogens is 2. The molecule has 2 atom stereocenters. The number of imidazole rings is 1. The number of carbonyl (C=O) groups excluding carboxylic acids is 1. The summed E-state index contributed by atoms with van der Waals surface area (Å²) in [4.78, 5) is 22.8. The molecule has 6 heteroatoms. The van der Waals surface area contributed by atoms with Gasteiger partial charge < -0.3 is 15.0 Å². The summed E-state index contributed by atoms with van der Waals surface area (Å²) in [5, 5.41) is 3.12. The van der Waals surface area contributed by atoms with E-state index in [4.69, 9.17) is 4.74 Å². The molecule has 0 saturated heterocycles. The van der Waals surface area contributed by atoms with Crippen LogP contribution in [0.25, 0.3) is 0 Å². The molecule has 0 aliphatic carbocycles. The number of nitrogens with one attached hydrogen (secondary N) is 2. The fourth-order valence-corrected chi connectivity index (χ4v) is 3.95. The van der Waals surface area contributed by atoms with Gasteiger partial charge in [0.15, 0.2) is 0 Å². The van der Waals surface area contributed by atoms with Gasteiger partial charge in [-0.1, -0.05) is 42.5 Å². The molecular formula is C23H26N4O2. The molecule has 1 amide bonds. The normalized spacial score (nSPS) is 17.4. The predicted octanol–water partition coefficient (Wildman–Crippen LogP) is 3.24. The van der Waals surface area contributed by atoms with Crippen LogP contribution < -0.4 is 10.1 Å². The highest BCUT2D eigenvalue weighted by Gasteiger charge is 2.32. The van der Waals surface area contributed by atoms with Crippen molar-refractivity contribution in [1.82, 2.24) is 20.2 Å². The fourth-order valence-electron chi connectivity index (χ4n) is 3.95. The van der Waals surface area contributed by atoms with Crippen LogP contribution in [0.2, 0.25) is 0 Å². The van der Waals surface area contributed by atoms with Crippen molar-refractivity contribution < 1.29 is 9.53 Å². The quantitative estimate of drug-likeness (QED) is 0.678. The van der Waals surface area contributed by atoms with Gasteiger partial charge in [-0.2, -0.15) is 0 Å². The second-order valence-electron chi connectivity index (χ2n) is 7.36. The van der Waals surface area contributed by atoms with Gasteiger partial charge in [0.25, 0.3) is 0 Å². The first-order valence-electron chi connectivity index (χ1n) is 9.90. The van der Waals surface area contributed by atoms with Crippen molar-refractivity contribution in [2.45, 2.75) is 25.4 Å². The van der Waals surface area contributed by atoms with E-state index in [1.807, 2.05) is 61.5 Å². The maximum atomic E-state index is 12.8. The van der Waals surface area contributed by atoms with Crippen molar-refractivity contribution in [3.05, 3.63) is 83.4 Å². The van der Waals surface area contributed by atoms with Crippen molar-refractivity contribution in [3.8, 4) is 5.75 Å². The van der Waals surface area contributed by atoms with E-state index < -0.39 is 0 Å². The van der Waals surface area contributed by atoms with E-state index in [1.54, 1.807) is 13.4 Å². The van der Waals surface area contributed by atoms with Crippen molar-refractivity contribution in [2.24, 2.45) is 0 Å². The second kappa shape index (κ2) is 8.49. The molecule has 3 aromatic rings. The summed E-state index contributed by atoms with van der Waals surface area (Å²) in [7, 11) is 1.66. The Morgan fingerprint density at radius 1 is 1.24 bits per heavy atom. The molecule has 2 N–H and O–H groups in total. The van der Waals surface area contributed by atoms with E-state index in [0.717, 1.165) is 41.2 Å². The maximum Gasteiger partial charge on any atom is 0.234 e. The molecule has 4 rings (SSSR count). The van der Waals surface area contributed by atoms with E-state index in [0.29, 0.717) is 6.54 Å². The third kappa shape index (κ3) is 4.17. The Labute approximate surface area is 170 Å². The van der Waals surface area contributed by atoms with Crippen LogP contribution in [0.5, 0.6) is 5.75 Å². The van der Waals surface area contributed by atoms with Gasteiger partial charge in [-0.25, -0.2) is 4.98 Å². The summed E-state index contributed by atoms with van der Waals surface area (Å²) in [6.45, 7) is 3.12. The van der Waals surface area contributed by atoms with Crippen LogP contribution in [0.4, 0.5) is 0 Å². The third-order valence-electron chi connectivity index (χ3n) is 5.48. The van der Waals surface area contributed by atoms with E-state index in [2.05, 4.69) is 20.2 Å². The molecule has 6 nitrogen and oxygen atoms in total. The lowest BCUT2D eigenvalue weighted by Crippen LogP contribution is -2.43. The van der Waals surface area contributed by atoms with Gasteiger partial charge in [0.05, 0.1) is 37.8 Å². The zero-order valence-electron chi connectivity index (χ0n) is 16.8. The van der Waals surface area contributed by atoms with Gasteiger partial charge >= 0.3 is 0 Å². The Hall–Kier alpha value is -3.12.